The Bertz CT molecular complexity index is 880. The van der Waals surface area contributed by atoms with E-state index in [9.17, 15) is 4.79 Å². The number of aryl methyl sites for hydroxylation is 1. The second-order valence-corrected chi connectivity index (χ2v) is 6.93. The van der Waals surface area contributed by atoms with Crippen molar-refractivity contribution in [1.82, 2.24) is 9.97 Å². The summed E-state index contributed by atoms with van der Waals surface area (Å²) in [6, 6.07) is 17.7. The van der Waals surface area contributed by atoms with E-state index in [0.29, 0.717) is 12.2 Å². The van der Waals surface area contributed by atoms with Crippen molar-refractivity contribution in [2.75, 3.05) is 5.32 Å². The fourth-order valence-corrected chi connectivity index (χ4v) is 2.92. The molecule has 0 fully saturated rings. The Morgan fingerprint density at radius 3 is 2.50 bits per heavy atom. The van der Waals surface area contributed by atoms with Gasteiger partial charge in [0.15, 0.2) is 5.82 Å². The van der Waals surface area contributed by atoms with Crippen LogP contribution in [0.1, 0.15) is 24.6 Å². The van der Waals surface area contributed by atoms with Gasteiger partial charge in [-0.3, -0.25) is 4.79 Å². The van der Waals surface area contributed by atoms with Crippen LogP contribution >= 0.6 is 15.9 Å². The van der Waals surface area contributed by atoms with Crippen molar-refractivity contribution in [1.29, 1.82) is 0 Å². The lowest BCUT2D eigenvalue weighted by Crippen LogP contribution is -2.17. The first-order valence-electron chi connectivity index (χ1n) is 8.61. The molecule has 0 radical (unpaired) electrons. The minimum absolute atomic E-state index is 0.0913. The van der Waals surface area contributed by atoms with E-state index in [1.54, 1.807) is 6.20 Å². The Morgan fingerprint density at radius 2 is 1.81 bits per heavy atom. The second-order valence-electron chi connectivity index (χ2n) is 6.02. The standard InChI is InChI=1S/C21H20BrN3O/c1-2-6-18-21(23-14-19(24-18)16-7-4-3-5-8-16)25-20(26)13-15-9-11-17(22)12-10-15/h3-5,7-12,14H,2,6,13H2,1H3,(H,23,25,26). The highest BCUT2D eigenvalue weighted by molar-refractivity contribution is 9.10. The summed E-state index contributed by atoms with van der Waals surface area (Å²) in [5.74, 6) is 0.458. The van der Waals surface area contributed by atoms with E-state index in [2.05, 4.69) is 33.2 Å². The number of rotatable bonds is 6. The summed E-state index contributed by atoms with van der Waals surface area (Å²) in [7, 11) is 0. The number of hydrogen-bond acceptors (Lipinski definition) is 3. The van der Waals surface area contributed by atoms with Crippen LogP contribution in [0.3, 0.4) is 0 Å². The number of benzene rings is 2. The molecule has 0 aliphatic heterocycles. The molecule has 0 atom stereocenters. The molecule has 0 unspecified atom stereocenters. The van der Waals surface area contributed by atoms with Crippen molar-refractivity contribution in [2.45, 2.75) is 26.2 Å². The molecule has 5 heteroatoms. The van der Waals surface area contributed by atoms with Gasteiger partial charge >= 0.3 is 0 Å². The fraction of sp³-hybridized carbons (Fsp3) is 0.190. The molecule has 132 valence electrons. The zero-order valence-corrected chi connectivity index (χ0v) is 16.2. The third-order valence-electron chi connectivity index (χ3n) is 3.94. The number of nitrogens with one attached hydrogen (secondary N) is 1. The lowest BCUT2D eigenvalue weighted by molar-refractivity contribution is -0.115. The molecule has 1 amide bonds. The molecule has 4 nitrogen and oxygen atoms in total. The predicted molar refractivity (Wildman–Crippen MR) is 108 cm³/mol. The lowest BCUT2D eigenvalue weighted by atomic mass is 10.1. The Balaban J connectivity index is 1.78. The smallest absolute Gasteiger partial charge is 0.229 e. The number of nitrogens with zero attached hydrogens (tertiary/aromatic N) is 2. The largest absolute Gasteiger partial charge is 0.309 e. The van der Waals surface area contributed by atoms with Crippen LogP contribution in [0.25, 0.3) is 11.3 Å². The number of carbonyl (C=O) groups excluding carboxylic acids is 1. The fourth-order valence-electron chi connectivity index (χ4n) is 2.65. The number of carbonyl (C=O) groups is 1. The summed E-state index contributed by atoms with van der Waals surface area (Å²) in [5, 5.41) is 2.91. The van der Waals surface area contributed by atoms with Crippen LogP contribution in [0.4, 0.5) is 5.82 Å². The first-order chi connectivity index (χ1) is 12.7. The molecular formula is C21H20BrN3O. The predicted octanol–water partition coefficient (Wildman–Crippen LogP) is 5.04. The summed E-state index contributed by atoms with van der Waals surface area (Å²) < 4.78 is 0.995. The summed E-state index contributed by atoms with van der Waals surface area (Å²) >= 11 is 3.40. The van der Waals surface area contributed by atoms with Gasteiger partial charge in [-0.05, 0) is 24.1 Å². The van der Waals surface area contributed by atoms with E-state index in [4.69, 9.17) is 4.98 Å². The number of aromatic nitrogens is 2. The molecule has 0 saturated heterocycles. The van der Waals surface area contributed by atoms with Gasteiger partial charge in [0.2, 0.25) is 5.91 Å². The third kappa shape index (κ3) is 4.76. The molecule has 1 heterocycles. The highest BCUT2D eigenvalue weighted by Gasteiger charge is 2.12. The van der Waals surface area contributed by atoms with E-state index in [-0.39, 0.29) is 5.91 Å². The SMILES string of the molecule is CCCc1nc(-c2ccccc2)cnc1NC(=O)Cc1ccc(Br)cc1. The van der Waals surface area contributed by atoms with E-state index < -0.39 is 0 Å². The van der Waals surface area contributed by atoms with Gasteiger partial charge in [-0.2, -0.15) is 0 Å². The van der Waals surface area contributed by atoms with Crippen molar-refractivity contribution in [3.8, 4) is 11.3 Å². The molecule has 2 aromatic carbocycles. The average Bonchev–Trinajstić information content (AvgIpc) is 2.66. The number of halogens is 1. The van der Waals surface area contributed by atoms with Gasteiger partial charge in [-0.1, -0.05) is 71.7 Å². The third-order valence-corrected chi connectivity index (χ3v) is 4.47. The van der Waals surface area contributed by atoms with Gasteiger partial charge in [0.25, 0.3) is 0 Å². The molecule has 0 aliphatic carbocycles. The highest BCUT2D eigenvalue weighted by Crippen LogP contribution is 2.20. The molecule has 0 spiro atoms. The quantitative estimate of drug-likeness (QED) is 0.620. The Kier molecular flexibility index (Phi) is 6.12. The number of amides is 1. The van der Waals surface area contributed by atoms with Crippen molar-refractivity contribution in [3.63, 3.8) is 0 Å². The Hall–Kier alpha value is -2.53. The molecule has 3 rings (SSSR count). The summed E-state index contributed by atoms with van der Waals surface area (Å²) in [5.41, 5.74) is 3.61. The molecule has 1 N–H and O–H groups in total. The number of anilines is 1. The van der Waals surface area contributed by atoms with E-state index in [1.807, 2.05) is 54.6 Å². The van der Waals surface area contributed by atoms with Gasteiger partial charge in [-0.25, -0.2) is 9.97 Å². The van der Waals surface area contributed by atoms with Crippen molar-refractivity contribution < 1.29 is 4.79 Å². The van der Waals surface area contributed by atoms with Gasteiger partial charge in [0.1, 0.15) is 0 Å². The van der Waals surface area contributed by atoms with Crippen LogP contribution in [0.5, 0.6) is 0 Å². The van der Waals surface area contributed by atoms with Crippen molar-refractivity contribution >= 4 is 27.7 Å². The molecular weight excluding hydrogens is 390 g/mol. The molecule has 1 aromatic heterocycles. The second kappa shape index (κ2) is 8.72. The highest BCUT2D eigenvalue weighted by atomic mass is 79.9. The normalized spacial score (nSPS) is 10.5. The zero-order valence-electron chi connectivity index (χ0n) is 14.6. The summed E-state index contributed by atoms with van der Waals surface area (Å²) in [4.78, 5) is 21.6. The monoisotopic (exact) mass is 409 g/mol. The first-order valence-corrected chi connectivity index (χ1v) is 9.40. The molecule has 0 aliphatic rings. The minimum Gasteiger partial charge on any atom is -0.309 e. The van der Waals surface area contributed by atoms with E-state index in [0.717, 1.165) is 39.8 Å². The molecule has 3 aromatic rings. The Morgan fingerprint density at radius 1 is 1.08 bits per heavy atom. The van der Waals surface area contributed by atoms with Crippen LogP contribution in [-0.4, -0.2) is 15.9 Å². The van der Waals surface area contributed by atoms with E-state index in [1.165, 1.54) is 0 Å². The maximum Gasteiger partial charge on any atom is 0.229 e. The van der Waals surface area contributed by atoms with Crippen molar-refractivity contribution in [2.24, 2.45) is 0 Å². The molecule has 0 bridgehead atoms. The zero-order chi connectivity index (χ0) is 18.4. The topological polar surface area (TPSA) is 54.9 Å². The van der Waals surface area contributed by atoms with Crippen LogP contribution in [0, 0.1) is 0 Å². The maximum atomic E-state index is 12.4. The Labute approximate surface area is 161 Å². The van der Waals surface area contributed by atoms with E-state index >= 15 is 0 Å². The minimum atomic E-state index is -0.0913. The first kappa shape index (κ1) is 18.3. The molecule has 0 saturated carbocycles. The summed E-state index contributed by atoms with van der Waals surface area (Å²) in [6.07, 6.45) is 3.72. The van der Waals surface area contributed by atoms with Crippen LogP contribution < -0.4 is 5.32 Å². The van der Waals surface area contributed by atoms with Gasteiger partial charge in [0.05, 0.1) is 24.0 Å². The van der Waals surface area contributed by atoms with Crippen LogP contribution in [0.15, 0.2) is 65.3 Å². The van der Waals surface area contributed by atoms with Crippen LogP contribution in [0.2, 0.25) is 0 Å². The van der Waals surface area contributed by atoms with Gasteiger partial charge < -0.3 is 5.32 Å². The lowest BCUT2D eigenvalue weighted by Gasteiger charge is -2.11. The van der Waals surface area contributed by atoms with Crippen molar-refractivity contribution in [3.05, 3.63) is 76.5 Å². The maximum absolute atomic E-state index is 12.4. The summed E-state index contributed by atoms with van der Waals surface area (Å²) in [6.45, 7) is 2.09. The average molecular weight is 410 g/mol. The van der Waals surface area contributed by atoms with Gasteiger partial charge in [-0.15, -0.1) is 0 Å². The van der Waals surface area contributed by atoms with Crippen LogP contribution in [-0.2, 0) is 17.6 Å². The van der Waals surface area contributed by atoms with Gasteiger partial charge in [0, 0.05) is 10.0 Å². The molecule has 26 heavy (non-hydrogen) atoms. The number of hydrogen-bond donors (Lipinski definition) is 1.